The van der Waals surface area contributed by atoms with Crippen molar-refractivity contribution < 1.29 is 30.0 Å². The highest BCUT2D eigenvalue weighted by Crippen LogP contribution is 2.17. The number of nitrogens with zero attached hydrogens (tertiary/aromatic N) is 2. The van der Waals surface area contributed by atoms with E-state index in [0.29, 0.717) is 0 Å². The predicted molar refractivity (Wildman–Crippen MR) is 89.7 cm³/mol. The van der Waals surface area contributed by atoms with Gasteiger partial charge in [-0.05, 0) is 42.5 Å². The average molecular weight is 368 g/mol. The first-order valence-corrected chi connectivity index (χ1v) is 8.37. The van der Waals surface area contributed by atoms with E-state index in [1.165, 1.54) is 16.9 Å². The number of amidine groups is 1. The molecule has 8 nitrogen and oxygen atoms in total. The zero-order valence-electron chi connectivity index (χ0n) is 13.9. The summed E-state index contributed by atoms with van der Waals surface area (Å²) < 4.78 is 0. The van der Waals surface area contributed by atoms with Gasteiger partial charge in [-0.1, -0.05) is 0 Å². The summed E-state index contributed by atoms with van der Waals surface area (Å²) in [6.07, 6.45) is 0.583. The Morgan fingerprint density at radius 2 is 1.88 bits per heavy atom. The van der Waals surface area contributed by atoms with Crippen LogP contribution in [0.3, 0.4) is 0 Å². The van der Waals surface area contributed by atoms with E-state index in [0.717, 1.165) is 18.9 Å². The minimum atomic E-state index is -2.44. The third-order valence-electron chi connectivity index (χ3n) is 3.38. The standard InChI is InChI=1S/C12H16N2S.C4H6O6/c1-10-6-9-15-11(10)4-5-12-13-7-3-8-14(12)2;5-1(3(7)8)2(6)4(9)10/h4-6,9H,3,7-8H2,1-2H3;1-2,5-6H,(H,7,8)(H,9,10)/p-2/b5-4+;. The number of thiophene rings is 1. The Bertz CT molecular complexity index is 637. The molecule has 25 heavy (non-hydrogen) atoms. The molecule has 2 unspecified atom stereocenters. The number of hydrogen-bond acceptors (Lipinski definition) is 9. The zero-order chi connectivity index (χ0) is 19.0. The van der Waals surface area contributed by atoms with Crippen molar-refractivity contribution >= 4 is 35.2 Å². The van der Waals surface area contributed by atoms with Crippen molar-refractivity contribution in [3.05, 3.63) is 28.0 Å². The van der Waals surface area contributed by atoms with E-state index in [-0.39, 0.29) is 0 Å². The molecule has 9 heteroatoms. The van der Waals surface area contributed by atoms with Crippen LogP contribution in [0.25, 0.3) is 6.08 Å². The van der Waals surface area contributed by atoms with Crippen LogP contribution in [0.2, 0.25) is 0 Å². The second kappa shape index (κ2) is 9.92. The summed E-state index contributed by atoms with van der Waals surface area (Å²) >= 11 is 1.78. The molecule has 0 aromatic carbocycles. The first-order valence-electron chi connectivity index (χ1n) is 7.49. The Kier molecular flexibility index (Phi) is 8.26. The Morgan fingerprint density at radius 1 is 1.28 bits per heavy atom. The van der Waals surface area contributed by atoms with Crippen LogP contribution in [-0.2, 0) is 9.59 Å². The van der Waals surface area contributed by atoms with Gasteiger partial charge >= 0.3 is 0 Å². The molecule has 0 aliphatic carbocycles. The lowest BCUT2D eigenvalue weighted by Crippen LogP contribution is -2.51. The van der Waals surface area contributed by atoms with Gasteiger partial charge in [-0.3, -0.25) is 4.99 Å². The third-order valence-corrected chi connectivity index (χ3v) is 4.37. The van der Waals surface area contributed by atoms with Crippen molar-refractivity contribution in [2.45, 2.75) is 25.6 Å². The van der Waals surface area contributed by atoms with Gasteiger partial charge in [0.05, 0.1) is 11.9 Å². The summed E-state index contributed by atoms with van der Waals surface area (Å²) in [6, 6.07) is 2.15. The van der Waals surface area contributed by atoms with Crippen molar-refractivity contribution in [2.75, 3.05) is 20.1 Å². The van der Waals surface area contributed by atoms with Crippen molar-refractivity contribution in [3.63, 3.8) is 0 Å². The van der Waals surface area contributed by atoms with Crippen LogP contribution >= 0.6 is 11.3 Å². The molecule has 0 bridgehead atoms. The summed E-state index contributed by atoms with van der Waals surface area (Å²) in [6.45, 7) is 4.22. The van der Waals surface area contributed by atoms with Crippen molar-refractivity contribution in [1.82, 2.24) is 4.90 Å². The van der Waals surface area contributed by atoms with Crippen molar-refractivity contribution in [3.8, 4) is 0 Å². The minimum Gasteiger partial charge on any atom is -0.547 e. The van der Waals surface area contributed by atoms with E-state index in [1.807, 2.05) is 0 Å². The fourth-order valence-electron chi connectivity index (χ4n) is 1.88. The Hall–Kier alpha value is -2.23. The van der Waals surface area contributed by atoms with Gasteiger partial charge in [0.25, 0.3) is 0 Å². The number of carboxylic acid groups (broad SMARTS) is 2. The summed E-state index contributed by atoms with van der Waals surface area (Å²) in [4.78, 5) is 27.3. The molecular weight excluding hydrogens is 348 g/mol. The summed E-state index contributed by atoms with van der Waals surface area (Å²) in [5.41, 5.74) is 1.34. The molecule has 2 N–H and O–H groups in total. The molecular formula is C16H20N2O6S-2. The molecule has 1 aromatic heterocycles. The van der Waals surface area contributed by atoms with Gasteiger partial charge in [0, 0.05) is 25.0 Å². The fraction of sp³-hybridized carbons (Fsp3) is 0.438. The second-order valence-corrected chi connectivity index (χ2v) is 6.29. The van der Waals surface area contributed by atoms with E-state index < -0.39 is 24.1 Å². The van der Waals surface area contributed by atoms with Crippen LogP contribution in [-0.4, -0.2) is 65.2 Å². The average Bonchev–Trinajstić information content (AvgIpc) is 2.98. The molecule has 0 saturated heterocycles. The molecule has 0 radical (unpaired) electrons. The SMILES string of the molecule is Cc1ccsc1/C=C/C1=NCCCN1C.O=C([O-])C(O)C(O)C(=O)[O-]. The number of hydrogen-bond donors (Lipinski definition) is 2. The molecule has 0 fully saturated rings. The van der Waals surface area contributed by atoms with Gasteiger partial charge in [0.1, 0.15) is 18.0 Å². The normalized spacial score (nSPS) is 16.6. The summed E-state index contributed by atoms with van der Waals surface area (Å²) in [7, 11) is 2.10. The quantitative estimate of drug-likeness (QED) is 0.614. The predicted octanol–water partition coefficient (Wildman–Crippen LogP) is -1.99. The molecule has 2 rings (SSSR count). The van der Waals surface area contributed by atoms with E-state index in [9.17, 15) is 19.8 Å². The maximum Gasteiger partial charge on any atom is 0.124 e. The molecule has 0 saturated carbocycles. The Balaban J connectivity index is 0.000000275. The van der Waals surface area contributed by atoms with Crippen molar-refractivity contribution in [1.29, 1.82) is 0 Å². The lowest BCUT2D eigenvalue weighted by atomic mass is 10.2. The van der Waals surface area contributed by atoms with Crippen LogP contribution in [0.1, 0.15) is 16.9 Å². The number of carbonyl (C=O) groups is 2. The van der Waals surface area contributed by atoms with Gasteiger partial charge < -0.3 is 34.9 Å². The van der Waals surface area contributed by atoms with Crippen LogP contribution in [0.15, 0.2) is 22.5 Å². The molecule has 138 valence electrons. The highest BCUT2D eigenvalue weighted by molar-refractivity contribution is 7.11. The summed E-state index contributed by atoms with van der Waals surface area (Å²) in [5, 5.41) is 37.9. The van der Waals surface area contributed by atoms with E-state index >= 15 is 0 Å². The molecule has 0 amide bonds. The minimum absolute atomic E-state index is 0.966. The molecule has 2 atom stereocenters. The number of carbonyl (C=O) groups excluding carboxylic acids is 2. The lowest BCUT2D eigenvalue weighted by molar-refractivity contribution is -0.333. The highest BCUT2D eigenvalue weighted by Gasteiger charge is 2.17. The Morgan fingerprint density at radius 3 is 2.32 bits per heavy atom. The number of aryl methyl sites for hydroxylation is 1. The number of carboxylic acids is 2. The van der Waals surface area contributed by atoms with Gasteiger partial charge in [0.15, 0.2) is 0 Å². The van der Waals surface area contributed by atoms with E-state index in [2.05, 4.69) is 47.5 Å². The molecule has 1 aliphatic heterocycles. The fourth-order valence-corrected chi connectivity index (χ4v) is 2.70. The largest absolute Gasteiger partial charge is 0.547 e. The number of aliphatic hydroxyl groups is 2. The van der Waals surface area contributed by atoms with Gasteiger partial charge in [-0.25, -0.2) is 0 Å². The smallest absolute Gasteiger partial charge is 0.124 e. The topological polar surface area (TPSA) is 136 Å². The highest BCUT2D eigenvalue weighted by atomic mass is 32.1. The van der Waals surface area contributed by atoms with Crippen LogP contribution in [0.4, 0.5) is 0 Å². The molecule has 1 aliphatic rings. The van der Waals surface area contributed by atoms with Crippen molar-refractivity contribution in [2.24, 2.45) is 4.99 Å². The number of rotatable bonds is 5. The number of aliphatic carboxylic acids is 2. The zero-order valence-corrected chi connectivity index (χ0v) is 14.7. The first-order chi connectivity index (χ1) is 11.7. The first kappa shape index (κ1) is 20.8. The number of aliphatic hydroxyl groups excluding tert-OH is 2. The second-order valence-electron chi connectivity index (χ2n) is 5.34. The van der Waals surface area contributed by atoms with Crippen LogP contribution in [0, 0.1) is 6.92 Å². The van der Waals surface area contributed by atoms with Gasteiger partial charge in [-0.15, -0.1) is 11.3 Å². The monoisotopic (exact) mass is 368 g/mol. The molecule has 2 heterocycles. The van der Waals surface area contributed by atoms with Gasteiger partial charge in [-0.2, -0.15) is 0 Å². The van der Waals surface area contributed by atoms with Crippen LogP contribution in [0.5, 0.6) is 0 Å². The van der Waals surface area contributed by atoms with E-state index in [4.69, 9.17) is 10.2 Å². The number of likely N-dealkylation sites (N-methyl/N-ethyl adjacent to an activating group) is 1. The number of aliphatic imine (C=N–C) groups is 1. The molecule has 1 aromatic rings. The van der Waals surface area contributed by atoms with E-state index in [1.54, 1.807) is 11.3 Å². The van der Waals surface area contributed by atoms with Gasteiger partial charge in [0.2, 0.25) is 0 Å². The van der Waals surface area contributed by atoms with Crippen LogP contribution < -0.4 is 10.2 Å². The summed E-state index contributed by atoms with van der Waals surface area (Å²) in [5.74, 6) is -3.01. The Labute approximate surface area is 149 Å². The maximum atomic E-state index is 9.63. The third kappa shape index (κ3) is 6.65. The maximum absolute atomic E-state index is 9.63. The lowest BCUT2D eigenvalue weighted by Gasteiger charge is -2.22. The molecule has 0 spiro atoms.